The van der Waals surface area contributed by atoms with Crippen molar-refractivity contribution >= 4 is 39.4 Å². The van der Waals surface area contributed by atoms with E-state index in [1.54, 1.807) is 12.1 Å². The molecule has 1 heterocycles. The molecule has 2 aromatic carbocycles. The Morgan fingerprint density at radius 3 is 2.38 bits per heavy atom. The molecule has 0 saturated carbocycles. The molecular formula is C16H11BrClNO2. The number of hydrogen-bond acceptors (Lipinski definition) is 2. The molecule has 0 bridgehead atoms. The van der Waals surface area contributed by atoms with Gasteiger partial charge in [0.05, 0.1) is 10.5 Å². The molecule has 1 N–H and O–H groups in total. The number of nitrogens with one attached hydrogen (secondary N) is 1. The number of carbonyl (C=O) groups is 1. The maximum Gasteiger partial charge on any atom is 0.413 e. The van der Waals surface area contributed by atoms with Crippen LogP contribution in [0.5, 0.6) is 0 Å². The zero-order valence-electron chi connectivity index (χ0n) is 10.8. The van der Waals surface area contributed by atoms with Gasteiger partial charge in [0.15, 0.2) is 5.76 Å². The maximum atomic E-state index is 11.8. The number of rotatable bonds is 2. The lowest BCUT2D eigenvalue weighted by molar-refractivity contribution is 0.184. The van der Waals surface area contributed by atoms with E-state index in [1.807, 2.05) is 42.5 Å². The molecule has 2 aromatic rings. The van der Waals surface area contributed by atoms with Crippen LogP contribution in [0.25, 0.3) is 5.76 Å². The molecular weight excluding hydrogens is 354 g/mol. The molecule has 1 atom stereocenters. The van der Waals surface area contributed by atoms with Gasteiger partial charge < -0.3 is 10.1 Å². The Labute approximate surface area is 135 Å². The van der Waals surface area contributed by atoms with Gasteiger partial charge in [-0.15, -0.1) is 0 Å². The van der Waals surface area contributed by atoms with E-state index in [-0.39, 0.29) is 6.04 Å². The highest BCUT2D eigenvalue weighted by Crippen LogP contribution is 2.37. The van der Waals surface area contributed by atoms with Crippen LogP contribution in [-0.4, -0.2) is 6.09 Å². The predicted octanol–water partition coefficient (Wildman–Crippen LogP) is 4.88. The van der Waals surface area contributed by atoms with Crippen LogP contribution in [0.4, 0.5) is 4.79 Å². The molecule has 0 unspecified atom stereocenters. The Morgan fingerprint density at radius 1 is 1.05 bits per heavy atom. The summed E-state index contributed by atoms with van der Waals surface area (Å²) in [5.41, 5.74) is 1.77. The fourth-order valence-corrected chi connectivity index (χ4v) is 2.97. The number of benzene rings is 2. The summed E-state index contributed by atoms with van der Waals surface area (Å²) >= 11 is 9.45. The van der Waals surface area contributed by atoms with Crippen molar-refractivity contribution in [2.45, 2.75) is 6.04 Å². The van der Waals surface area contributed by atoms with Gasteiger partial charge in [-0.3, -0.25) is 0 Å². The van der Waals surface area contributed by atoms with Crippen molar-refractivity contribution in [2.75, 3.05) is 0 Å². The van der Waals surface area contributed by atoms with Gasteiger partial charge in [-0.2, -0.15) is 0 Å². The van der Waals surface area contributed by atoms with E-state index in [1.165, 1.54) is 0 Å². The average Bonchev–Trinajstić information content (AvgIpc) is 2.51. The summed E-state index contributed by atoms with van der Waals surface area (Å²) in [5.74, 6) is 0.527. The van der Waals surface area contributed by atoms with Gasteiger partial charge in [-0.1, -0.05) is 54.1 Å². The third kappa shape index (κ3) is 2.96. The molecule has 3 rings (SSSR count). The third-order valence-corrected chi connectivity index (χ3v) is 4.24. The average molecular weight is 365 g/mol. The second-order valence-corrected chi connectivity index (χ2v) is 5.85. The first-order chi connectivity index (χ1) is 10.1. The molecule has 0 saturated heterocycles. The molecule has 106 valence electrons. The minimum Gasteiger partial charge on any atom is -0.409 e. The van der Waals surface area contributed by atoms with Crippen LogP contribution in [0.2, 0.25) is 5.02 Å². The van der Waals surface area contributed by atoms with E-state index in [4.69, 9.17) is 16.3 Å². The Balaban J connectivity index is 2.05. The van der Waals surface area contributed by atoms with Crippen molar-refractivity contribution in [1.29, 1.82) is 0 Å². The van der Waals surface area contributed by atoms with Crippen molar-refractivity contribution in [3.05, 3.63) is 75.2 Å². The second-order valence-electron chi connectivity index (χ2n) is 4.56. The van der Waals surface area contributed by atoms with Crippen molar-refractivity contribution in [3.8, 4) is 0 Å². The molecule has 5 heteroatoms. The summed E-state index contributed by atoms with van der Waals surface area (Å²) in [5, 5.41) is 3.45. The number of hydrogen-bond donors (Lipinski definition) is 1. The van der Waals surface area contributed by atoms with Gasteiger partial charge in [-0.05, 0) is 33.6 Å². The Hall–Kier alpha value is -1.78. The van der Waals surface area contributed by atoms with Gasteiger partial charge in [0.25, 0.3) is 0 Å². The topological polar surface area (TPSA) is 38.3 Å². The predicted molar refractivity (Wildman–Crippen MR) is 86.1 cm³/mol. The fraction of sp³-hybridized carbons (Fsp3) is 0.0625. The van der Waals surface area contributed by atoms with Crippen LogP contribution in [-0.2, 0) is 4.74 Å². The van der Waals surface area contributed by atoms with Crippen LogP contribution in [0.3, 0.4) is 0 Å². The van der Waals surface area contributed by atoms with Crippen molar-refractivity contribution in [1.82, 2.24) is 5.32 Å². The van der Waals surface area contributed by atoms with E-state index in [0.29, 0.717) is 10.8 Å². The number of carbonyl (C=O) groups excluding carboxylic acids is 1. The molecule has 0 aliphatic carbocycles. The first-order valence-electron chi connectivity index (χ1n) is 6.34. The van der Waals surface area contributed by atoms with E-state index >= 15 is 0 Å². The lowest BCUT2D eigenvalue weighted by Crippen LogP contribution is -2.33. The highest BCUT2D eigenvalue weighted by atomic mass is 79.9. The van der Waals surface area contributed by atoms with Crippen LogP contribution < -0.4 is 5.32 Å². The van der Waals surface area contributed by atoms with Crippen LogP contribution in [0.1, 0.15) is 17.2 Å². The molecule has 1 aliphatic heterocycles. The van der Waals surface area contributed by atoms with Gasteiger partial charge in [0, 0.05) is 10.6 Å². The third-order valence-electron chi connectivity index (χ3n) is 3.17. The van der Waals surface area contributed by atoms with Crippen LogP contribution >= 0.6 is 27.5 Å². The van der Waals surface area contributed by atoms with Gasteiger partial charge in [0.2, 0.25) is 0 Å². The smallest absolute Gasteiger partial charge is 0.409 e. The minimum absolute atomic E-state index is 0.293. The highest BCUT2D eigenvalue weighted by molar-refractivity contribution is 9.11. The zero-order chi connectivity index (χ0) is 14.8. The lowest BCUT2D eigenvalue weighted by Gasteiger charge is -2.26. The highest BCUT2D eigenvalue weighted by Gasteiger charge is 2.29. The second kappa shape index (κ2) is 5.92. The van der Waals surface area contributed by atoms with E-state index in [9.17, 15) is 4.79 Å². The first-order valence-corrected chi connectivity index (χ1v) is 7.51. The Morgan fingerprint density at radius 2 is 1.71 bits per heavy atom. The summed E-state index contributed by atoms with van der Waals surface area (Å²) < 4.78 is 6.09. The molecule has 0 aromatic heterocycles. The zero-order valence-corrected chi connectivity index (χ0v) is 13.2. The summed E-state index contributed by atoms with van der Waals surface area (Å²) in [6.07, 6.45) is -0.475. The van der Waals surface area contributed by atoms with Crippen LogP contribution in [0.15, 0.2) is 59.1 Å². The molecule has 1 amide bonds. The first kappa shape index (κ1) is 14.2. The normalized spacial score (nSPS) is 18.2. The van der Waals surface area contributed by atoms with Crippen molar-refractivity contribution < 1.29 is 9.53 Å². The monoisotopic (exact) mass is 363 g/mol. The van der Waals surface area contributed by atoms with Crippen LogP contribution in [0, 0.1) is 0 Å². The number of amides is 1. The maximum absolute atomic E-state index is 11.8. The fourth-order valence-electron chi connectivity index (χ4n) is 2.15. The summed E-state index contributed by atoms with van der Waals surface area (Å²) in [6.45, 7) is 0. The summed E-state index contributed by atoms with van der Waals surface area (Å²) in [4.78, 5) is 11.8. The minimum atomic E-state index is -0.475. The quantitative estimate of drug-likeness (QED) is 0.824. The van der Waals surface area contributed by atoms with Gasteiger partial charge in [0.1, 0.15) is 0 Å². The standard InChI is InChI=1S/C16H11BrClNO2/c17-13-14(10-6-8-12(18)9-7-10)19-16(20)21-15(13)11-4-2-1-3-5-11/h1-9,14H,(H,19,20)/t14-/m0/s1. The number of cyclic esters (lactones) is 1. The number of ether oxygens (including phenoxy) is 1. The molecule has 0 radical (unpaired) electrons. The van der Waals surface area contributed by atoms with E-state index in [0.717, 1.165) is 15.6 Å². The molecule has 1 aliphatic rings. The SMILES string of the molecule is O=C1N[C@@H](c2ccc(Cl)cc2)C(Br)=C(c2ccccc2)O1. The van der Waals surface area contributed by atoms with Crippen molar-refractivity contribution in [2.24, 2.45) is 0 Å². The van der Waals surface area contributed by atoms with E-state index < -0.39 is 6.09 Å². The Bertz CT molecular complexity index is 698. The lowest BCUT2D eigenvalue weighted by atomic mass is 10.0. The molecule has 0 spiro atoms. The Kier molecular flexibility index (Phi) is 3.99. The van der Waals surface area contributed by atoms with Gasteiger partial charge >= 0.3 is 6.09 Å². The number of alkyl carbamates (subject to hydrolysis) is 1. The largest absolute Gasteiger partial charge is 0.413 e. The summed E-state index contributed by atoms with van der Waals surface area (Å²) in [6, 6.07) is 16.6. The molecule has 21 heavy (non-hydrogen) atoms. The molecule has 0 fully saturated rings. The van der Waals surface area contributed by atoms with Crippen molar-refractivity contribution in [3.63, 3.8) is 0 Å². The van der Waals surface area contributed by atoms with E-state index in [2.05, 4.69) is 21.2 Å². The van der Waals surface area contributed by atoms with Gasteiger partial charge in [-0.25, -0.2) is 4.79 Å². The molecule has 3 nitrogen and oxygen atoms in total. The summed E-state index contributed by atoms with van der Waals surface area (Å²) in [7, 11) is 0. The number of halogens is 2.